The number of carboxylic acids is 1. The number of rotatable bonds is 15. The summed E-state index contributed by atoms with van der Waals surface area (Å²) >= 11 is 0. The average molecular weight is 586 g/mol. The first kappa shape index (κ1) is 31.9. The molecule has 1 aromatic carbocycles. The Morgan fingerprint density at radius 1 is 1.07 bits per heavy atom. The molecule has 0 aliphatic carbocycles. The average Bonchev–Trinajstić information content (AvgIpc) is 3.60. The summed E-state index contributed by atoms with van der Waals surface area (Å²) in [7, 11) is 0. The van der Waals surface area contributed by atoms with Gasteiger partial charge in [0.2, 0.25) is 23.6 Å². The maximum absolute atomic E-state index is 13.6. The van der Waals surface area contributed by atoms with Crippen molar-refractivity contribution in [1.29, 1.82) is 0 Å². The summed E-state index contributed by atoms with van der Waals surface area (Å²) in [6.07, 6.45) is 2.91. The maximum atomic E-state index is 13.6. The molecule has 0 spiro atoms. The lowest BCUT2D eigenvalue weighted by Gasteiger charge is -2.30. The minimum atomic E-state index is -1.24. The number of H-pyrrole nitrogens is 1. The summed E-state index contributed by atoms with van der Waals surface area (Å²) in [6, 6.07) is 3.08. The molecule has 1 fully saturated rings. The number of para-hydroxylation sites is 1. The molecule has 15 nitrogen and oxygen atoms in total. The Bertz CT molecular complexity index is 1320. The quantitative estimate of drug-likeness (QED) is 0.0678. The first-order valence-electron chi connectivity index (χ1n) is 13.8. The second-order valence-electron chi connectivity index (χ2n) is 10.3. The minimum absolute atomic E-state index is 0.0319. The smallest absolute Gasteiger partial charge is 0.326 e. The van der Waals surface area contributed by atoms with Crippen molar-refractivity contribution in [1.82, 2.24) is 20.5 Å². The standard InChI is InChI=1S/C27H39N9O6/c28-17(6-3-11-32-27(30)31)23(38)34-19(9-10-22(29)37)25(40)36-12-4-8-21(36)24(39)35-20(26(41)42)13-15-14-33-18-7-2-1-5-16(15)18/h1-2,5,7,14,17,19-21,33H,3-4,6,8-13,28H2,(H2,29,37)(H,34,38)(H,35,39)(H,41,42)(H4,30,31,32). The number of nitrogens with two attached hydrogens (primary N) is 4. The lowest BCUT2D eigenvalue weighted by atomic mass is 10.0. The van der Waals surface area contributed by atoms with Crippen LogP contribution in [0.1, 0.15) is 44.1 Å². The highest BCUT2D eigenvalue weighted by Crippen LogP contribution is 2.22. The number of carbonyl (C=O) groups is 5. The molecule has 12 N–H and O–H groups in total. The lowest BCUT2D eigenvalue weighted by molar-refractivity contribution is -0.145. The molecule has 0 radical (unpaired) electrons. The maximum Gasteiger partial charge on any atom is 0.326 e. The van der Waals surface area contributed by atoms with Crippen molar-refractivity contribution in [3.05, 3.63) is 36.0 Å². The van der Waals surface area contributed by atoms with Crippen LogP contribution in [0.5, 0.6) is 0 Å². The van der Waals surface area contributed by atoms with Crippen LogP contribution in [-0.4, -0.2) is 87.8 Å². The molecule has 4 atom stereocenters. The van der Waals surface area contributed by atoms with E-state index in [9.17, 15) is 29.1 Å². The Hall–Kier alpha value is -4.66. The first-order valence-corrected chi connectivity index (χ1v) is 13.8. The number of aliphatic imine (C=N–C) groups is 1. The van der Waals surface area contributed by atoms with E-state index in [2.05, 4.69) is 20.6 Å². The van der Waals surface area contributed by atoms with Crippen molar-refractivity contribution in [2.45, 2.75) is 69.1 Å². The van der Waals surface area contributed by atoms with Crippen LogP contribution in [-0.2, 0) is 30.4 Å². The number of aliphatic carboxylic acids is 1. The van der Waals surface area contributed by atoms with Gasteiger partial charge in [0.25, 0.3) is 0 Å². The number of fused-ring (bicyclic) bond motifs is 1. The number of amides is 4. The highest BCUT2D eigenvalue weighted by molar-refractivity contribution is 5.95. The van der Waals surface area contributed by atoms with E-state index >= 15 is 0 Å². The number of benzene rings is 1. The summed E-state index contributed by atoms with van der Waals surface area (Å²) in [5.74, 6) is -3.79. The predicted octanol–water partition coefficient (Wildman–Crippen LogP) is -1.60. The summed E-state index contributed by atoms with van der Waals surface area (Å²) < 4.78 is 0. The molecule has 0 bridgehead atoms. The molecule has 42 heavy (non-hydrogen) atoms. The molecule has 1 aliphatic rings. The Kier molecular flexibility index (Phi) is 11.2. The van der Waals surface area contributed by atoms with E-state index in [1.54, 1.807) is 6.20 Å². The molecule has 4 amide bonds. The van der Waals surface area contributed by atoms with E-state index in [1.165, 1.54) is 4.90 Å². The molecular formula is C27H39N9O6. The summed E-state index contributed by atoms with van der Waals surface area (Å²) in [5.41, 5.74) is 23.4. The highest BCUT2D eigenvalue weighted by atomic mass is 16.4. The number of aromatic amines is 1. The van der Waals surface area contributed by atoms with Crippen LogP contribution in [0.2, 0.25) is 0 Å². The van der Waals surface area contributed by atoms with Crippen molar-refractivity contribution >= 4 is 46.5 Å². The first-order chi connectivity index (χ1) is 20.0. The van der Waals surface area contributed by atoms with Gasteiger partial charge in [-0.2, -0.15) is 0 Å². The number of hydrogen-bond acceptors (Lipinski definition) is 7. The third kappa shape index (κ3) is 8.67. The van der Waals surface area contributed by atoms with Crippen LogP contribution < -0.4 is 33.6 Å². The van der Waals surface area contributed by atoms with E-state index in [1.807, 2.05) is 24.3 Å². The Balaban J connectivity index is 1.68. The van der Waals surface area contributed by atoms with E-state index < -0.39 is 53.8 Å². The SMILES string of the molecule is NC(=O)CCC(NC(=O)C(N)CCCN=C(N)N)C(=O)N1CCCC1C(=O)NC(Cc1c[nH]c2ccccc12)C(=O)O. The van der Waals surface area contributed by atoms with Crippen LogP contribution in [0.15, 0.2) is 35.5 Å². The number of nitrogens with one attached hydrogen (secondary N) is 3. The van der Waals surface area contributed by atoms with Gasteiger partial charge in [-0.25, -0.2) is 4.79 Å². The van der Waals surface area contributed by atoms with E-state index in [4.69, 9.17) is 22.9 Å². The molecule has 2 heterocycles. The van der Waals surface area contributed by atoms with E-state index in [0.717, 1.165) is 16.5 Å². The fourth-order valence-electron chi connectivity index (χ4n) is 4.96. The zero-order valence-electron chi connectivity index (χ0n) is 23.3. The summed E-state index contributed by atoms with van der Waals surface area (Å²) in [6.45, 7) is 0.486. The summed E-state index contributed by atoms with van der Waals surface area (Å²) in [5, 5.41) is 15.9. The van der Waals surface area contributed by atoms with Crippen molar-refractivity contribution in [2.75, 3.05) is 13.1 Å². The fraction of sp³-hybridized carbons (Fsp3) is 0.481. The number of guanidine groups is 1. The van der Waals surface area contributed by atoms with Gasteiger partial charge in [-0.15, -0.1) is 0 Å². The molecule has 2 aromatic rings. The number of likely N-dealkylation sites (tertiary alicyclic amines) is 1. The normalized spacial score (nSPS) is 16.8. The van der Waals surface area contributed by atoms with Crippen LogP contribution in [0, 0.1) is 0 Å². The topological polar surface area (TPSA) is 265 Å². The number of carbonyl (C=O) groups excluding carboxylic acids is 4. The Labute approximate surface area is 242 Å². The van der Waals surface area contributed by atoms with Crippen molar-refractivity contribution in [3.8, 4) is 0 Å². The van der Waals surface area contributed by atoms with Gasteiger partial charge < -0.3 is 48.6 Å². The Morgan fingerprint density at radius 3 is 2.50 bits per heavy atom. The predicted molar refractivity (Wildman–Crippen MR) is 155 cm³/mol. The molecular weight excluding hydrogens is 546 g/mol. The Morgan fingerprint density at radius 2 is 1.81 bits per heavy atom. The minimum Gasteiger partial charge on any atom is -0.480 e. The molecule has 3 rings (SSSR count). The van der Waals surface area contributed by atoms with Crippen LogP contribution in [0.4, 0.5) is 0 Å². The van der Waals surface area contributed by atoms with Gasteiger partial charge >= 0.3 is 5.97 Å². The third-order valence-electron chi connectivity index (χ3n) is 7.15. The molecule has 1 aromatic heterocycles. The third-order valence-corrected chi connectivity index (χ3v) is 7.15. The van der Waals surface area contributed by atoms with Crippen molar-refractivity contribution < 1.29 is 29.1 Å². The molecule has 228 valence electrons. The fourth-order valence-corrected chi connectivity index (χ4v) is 4.96. The largest absolute Gasteiger partial charge is 0.480 e. The lowest BCUT2D eigenvalue weighted by Crippen LogP contribution is -2.57. The molecule has 1 aliphatic heterocycles. The zero-order valence-corrected chi connectivity index (χ0v) is 23.3. The van der Waals surface area contributed by atoms with Crippen LogP contribution >= 0.6 is 0 Å². The van der Waals surface area contributed by atoms with Crippen LogP contribution in [0.3, 0.4) is 0 Å². The van der Waals surface area contributed by atoms with E-state index in [0.29, 0.717) is 19.3 Å². The zero-order chi connectivity index (χ0) is 30.8. The molecule has 15 heteroatoms. The summed E-state index contributed by atoms with van der Waals surface area (Å²) in [4.78, 5) is 71.4. The van der Waals surface area contributed by atoms with Gasteiger partial charge in [0.15, 0.2) is 5.96 Å². The van der Waals surface area contributed by atoms with Gasteiger partial charge in [-0.3, -0.25) is 24.2 Å². The van der Waals surface area contributed by atoms with Gasteiger partial charge in [0, 0.05) is 43.0 Å². The molecule has 0 saturated carbocycles. The number of aromatic nitrogens is 1. The highest BCUT2D eigenvalue weighted by Gasteiger charge is 2.39. The number of primary amides is 1. The van der Waals surface area contributed by atoms with Gasteiger partial charge in [-0.1, -0.05) is 18.2 Å². The number of nitrogens with zero attached hydrogens (tertiary/aromatic N) is 2. The van der Waals surface area contributed by atoms with Gasteiger partial charge in [-0.05, 0) is 43.7 Å². The number of carboxylic acid groups (broad SMARTS) is 1. The van der Waals surface area contributed by atoms with E-state index in [-0.39, 0.29) is 44.7 Å². The van der Waals surface area contributed by atoms with Gasteiger partial charge in [0.05, 0.1) is 6.04 Å². The van der Waals surface area contributed by atoms with Crippen molar-refractivity contribution in [2.24, 2.45) is 27.9 Å². The number of hydrogen-bond donors (Lipinski definition) is 8. The second kappa shape index (κ2) is 14.8. The van der Waals surface area contributed by atoms with Crippen LogP contribution in [0.25, 0.3) is 10.9 Å². The monoisotopic (exact) mass is 585 g/mol. The van der Waals surface area contributed by atoms with Crippen molar-refractivity contribution in [3.63, 3.8) is 0 Å². The molecule has 1 saturated heterocycles. The molecule has 4 unspecified atom stereocenters. The van der Waals surface area contributed by atoms with Gasteiger partial charge in [0.1, 0.15) is 18.1 Å². The second-order valence-corrected chi connectivity index (χ2v) is 10.3.